The SMILES string of the molecule is Cc1ccnc(Nc2ncnc(Nc3ccncc3)c2[N+](=O)[O-])c1. The summed E-state index contributed by atoms with van der Waals surface area (Å²) in [7, 11) is 0. The second kappa shape index (κ2) is 6.65. The standard InChI is InChI=1S/C15H13N7O2/c1-10-2-7-17-12(8-10)21-15-13(22(23)24)14(18-9-19-15)20-11-3-5-16-6-4-11/h2-9H,1H3,(H2,16,17,18,19,20,21). The average Bonchev–Trinajstić information content (AvgIpc) is 2.56. The predicted octanol–water partition coefficient (Wildman–Crippen LogP) is 2.97. The molecule has 0 radical (unpaired) electrons. The molecule has 3 aromatic rings. The predicted molar refractivity (Wildman–Crippen MR) is 88.5 cm³/mol. The Morgan fingerprint density at radius 1 is 1.00 bits per heavy atom. The van der Waals surface area contributed by atoms with Gasteiger partial charge in [-0.3, -0.25) is 15.1 Å². The maximum Gasteiger partial charge on any atom is 0.353 e. The van der Waals surface area contributed by atoms with E-state index in [0.29, 0.717) is 11.5 Å². The van der Waals surface area contributed by atoms with Gasteiger partial charge in [-0.2, -0.15) is 0 Å². The summed E-state index contributed by atoms with van der Waals surface area (Å²) in [6.07, 6.45) is 6.01. The number of rotatable bonds is 5. The van der Waals surface area contributed by atoms with Crippen LogP contribution < -0.4 is 10.6 Å². The topological polar surface area (TPSA) is 119 Å². The Kier molecular flexibility index (Phi) is 4.23. The van der Waals surface area contributed by atoms with Crippen molar-refractivity contribution in [1.29, 1.82) is 0 Å². The monoisotopic (exact) mass is 323 g/mol. The summed E-state index contributed by atoms with van der Waals surface area (Å²) in [5.41, 5.74) is 1.34. The lowest BCUT2D eigenvalue weighted by atomic mass is 10.3. The molecule has 3 aromatic heterocycles. The minimum absolute atomic E-state index is 0.0599. The molecule has 24 heavy (non-hydrogen) atoms. The van der Waals surface area contributed by atoms with Crippen molar-refractivity contribution < 1.29 is 4.92 Å². The van der Waals surface area contributed by atoms with Crippen LogP contribution in [0.15, 0.2) is 49.2 Å². The van der Waals surface area contributed by atoms with Crippen LogP contribution in [0, 0.1) is 17.0 Å². The van der Waals surface area contributed by atoms with Gasteiger partial charge >= 0.3 is 5.69 Å². The highest BCUT2D eigenvalue weighted by Crippen LogP contribution is 2.32. The van der Waals surface area contributed by atoms with Gasteiger partial charge in [-0.05, 0) is 36.8 Å². The first kappa shape index (κ1) is 15.3. The van der Waals surface area contributed by atoms with E-state index in [-0.39, 0.29) is 17.3 Å². The summed E-state index contributed by atoms with van der Waals surface area (Å²) in [4.78, 5) is 26.9. The Balaban J connectivity index is 1.97. The van der Waals surface area contributed by atoms with Crippen LogP contribution >= 0.6 is 0 Å². The highest BCUT2D eigenvalue weighted by atomic mass is 16.6. The van der Waals surface area contributed by atoms with Gasteiger partial charge in [0.1, 0.15) is 12.1 Å². The third kappa shape index (κ3) is 3.40. The third-order valence-corrected chi connectivity index (χ3v) is 3.11. The van der Waals surface area contributed by atoms with Crippen LogP contribution in [-0.4, -0.2) is 24.9 Å². The number of nitrogens with zero attached hydrogens (tertiary/aromatic N) is 5. The fraction of sp³-hybridized carbons (Fsp3) is 0.0667. The summed E-state index contributed by atoms with van der Waals surface area (Å²) in [5.74, 6) is 0.604. The van der Waals surface area contributed by atoms with Crippen molar-refractivity contribution in [3.05, 3.63) is 64.9 Å². The van der Waals surface area contributed by atoms with E-state index in [1.165, 1.54) is 6.33 Å². The van der Waals surface area contributed by atoms with E-state index in [4.69, 9.17) is 0 Å². The fourth-order valence-corrected chi connectivity index (χ4v) is 2.03. The van der Waals surface area contributed by atoms with Gasteiger partial charge in [0, 0.05) is 24.3 Å². The number of aromatic nitrogens is 4. The van der Waals surface area contributed by atoms with Gasteiger partial charge in [0.15, 0.2) is 0 Å². The van der Waals surface area contributed by atoms with Crippen molar-refractivity contribution in [1.82, 2.24) is 19.9 Å². The molecule has 0 saturated heterocycles. The number of hydrogen-bond donors (Lipinski definition) is 2. The molecule has 0 saturated carbocycles. The quantitative estimate of drug-likeness (QED) is 0.543. The van der Waals surface area contributed by atoms with Gasteiger partial charge in [0.05, 0.1) is 4.92 Å². The molecule has 9 heteroatoms. The van der Waals surface area contributed by atoms with Crippen LogP contribution in [-0.2, 0) is 0 Å². The summed E-state index contributed by atoms with van der Waals surface area (Å²) in [6.45, 7) is 1.90. The van der Waals surface area contributed by atoms with Crippen molar-refractivity contribution >= 4 is 28.8 Å². The molecule has 3 rings (SSSR count). The Labute approximate surface area is 137 Å². The van der Waals surface area contributed by atoms with E-state index < -0.39 is 4.92 Å². The van der Waals surface area contributed by atoms with Crippen LogP contribution in [0.1, 0.15) is 5.56 Å². The molecule has 0 amide bonds. The molecule has 0 fully saturated rings. The van der Waals surface area contributed by atoms with E-state index >= 15 is 0 Å². The van der Waals surface area contributed by atoms with Gasteiger partial charge in [0.2, 0.25) is 11.6 Å². The first-order valence-electron chi connectivity index (χ1n) is 6.99. The molecule has 0 unspecified atom stereocenters. The van der Waals surface area contributed by atoms with E-state index in [9.17, 15) is 10.1 Å². The Morgan fingerprint density at radius 3 is 2.38 bits per heavy atom. The van der Waals surface area contributed by atoms with Crippen LogP contribution in [0.25, 0.3) is 0 Å². The lowest BCUT2D eigenvalue weighted by Gasteiger charge is -2.09. The minimum Gasteiger partial charge on any atom is -0.334 e. The number of aryl methyl sites for hydroxylation is 1. The summed E-state index contributed by atoms with van der Waals surface area (Å²) in [6, 6.07) is 6.96. The number of anilines is 4. The number of hydrogen-bond acceptors (Lipinski definition) is 8. The first-order chi connectivity index (χ1) is 11.6. The van der Waals surface area contributed by atoms with Crippen molar-refractivity contribution in [2.24, 2.45) is 0 Å². The largest absolute Gasteiger partial charge is 0.353 e. The Hall–Kier alpha value is -3.62. The van der Waals surface area contributed by atoms with Gasteiger partial charge in [-0.1, -0.05) is 0 Å². The molecule has 3 heterocycles. The molecule has 0 atom stereocenters. The van der Waals surface area contributed by atoms with Gasteiger partial charge in [-0.25, -0.2) is 15.0 Å². The molecule has 0 aliphatic heterocycles. The lowest BCUT2D eigenvalue weighted by molar-refractivity contribution is -0.383. The maximum absolute atomic E-state index is 11.5. The minimum atomic E-state index is -0.540. The second-order valence-electron chi connectivity index (χ2n) is 4.88. The number of pyridine rings is 2. The molecule has 0 bridgehead atoms. The molecular formula is C15H13N7O2. The maximum atomic E-state index is 11.5. The highest BCUT2D eigenvalue weighted by molar-refractivity contribution is 5.75. The van der Waals surface area contributed by atoms with Crippen LogP contribution in [0.4, 0.5) is 28.8 Å². The zero-order chi connectivity index (χ0) is 16.9. The van der Waals surface area contributed by atoms with Crippen molar-refractivity contribution in [3.63, 3.8) is 0 Å². The van der Waals surface area contributed by atoms with Crippen LogP contribution in [0.5, 0.6) is 0 Å². The fourth-order valence-electron chi connectivity index (χ4n) is 2.03. The zero-order valence-corrected chi connectivity index (χ0v) is 12.7. The number of nitro groups is 1. The molecule has 0 aliphatic carbocycles. The normalized spacial score (nSPS) is 10.2. The highest BCUT2D eigenvalue weighted by Gasteiger charge is 2.23. The lowest BCUT2D eigenvalue weighted by Crippen LogP contribution is -2.06. The van der Waals surface area contributed by atoms with E-state index in [1.807, 2.05) is 13.0 Å². The van der Waals surface area contributed by atoms with Crippen molar-refractivity contribution in [2.45, 2.75) is 6.92 Å². The zero-order valence-electron chi connectivity index (χ0n) is 12.7. The Bertz CT molecular complexity index is 871. The molecule has 120 valence electrons. The average molecular weight is 323 g/mol. The van der Waals surface area contributed by atoms with Crippen molar-refractivity contribution in [2.75, 3.05) is 10.6 Å². The molecular weight excluding hydrogens is 310 g/mol. The van der Waals surface area contributed by atoms with Crippen LogP contribution in [0.2, 0.25) is 0 Å². The smallest absolute Gasteiger partial charge is 0.334 e. The van der Waals surface area contributed by atoms with Gasteiger partial charge < -0.3 is 10.6 Å². The summed E-state index contributed by atoms with van der Waals surface area (Å²) < 4.78 is 0. The van der Waals surface area contributed by atoms with Gasteiger partial charge in [0.25, 0.3) is 0 Å². The second-order valence-corrected chi connectivity index (χ2v) is 4.88. The molecule has 0 aromatic carbocycles. The van der Waals surface area contributed by atoms with E-state index in [1.54, 1.807) is 36.8 Å². The van der Waals surface area contributed by atoms with Crippen LogP contribution in [0.3, 0.4) is 0 Å². The summed E-state index contributed by atoms with van der Waals surface area (Å²) in [5, 5.41) is 17.3. The Morgan fingerprint density at radius 2 is 1.71 bits per heavy atom. The first-order valence-corrected chi connectivity index (χ1v) is 6.99. The van der Waals surface area contributed by atoms with E-state index in [0.717, 1.165) is 5.56 Å². The van der Waals surface area contributed by atoms with E-state index in [2.05, 4.69) is 30.6 Å². The van der Waals surface area contributed by atoms with Gasteiger partial charge in [-0.15, -0.1) is 0 Å². The van der Waals surface area contributed by atoms with Crippen molar-refractivity contribution in [3.8, 4) is 0 Å². The molecule has 9 nitrogen and oxygen atoms in total. The number of nitrogens with one attached hydrogen (secondary N) is 2. The molecule has 0 spiro atoms. The molecule has 0 aliphatic rings. The molecule has 2 N–H and O–H groups in total. The third-order valence-electron chi connectivity index (χ3n) is 3.11. The summed E-state index contributed by atoms with van der Waals surface area (Å²) >= 11 is 0.